The molecule has 0 bridgehead atoms. The second kappa shape index (κ2) is 12.3. The van der Waals surface area contributed by atoms with Gasteiger partial charge in [-0.25, -0.2) is 0 Å². The summed E-state index contributed by atoms with van der Waals surface area (Å²) in [5, 5.41) is 2.14. The van der Waals surface area contributed by atoms with Crippen LogP contribution in [0, 0.1) is 47.9 Å². The highest BCUT2D eigenvalue weighted by molar-refractivity contribution is 7.13. The van der Waals surface area contributed by atoms with Gasteiger partial charge in [0.1, 0.15) is 0 Å². The Balaban J connectivity index is 1.68. The van der Waals surface area contributed by atoms with Gasteiger partial charge >= 0.3 is 0 Å². The maximum absolute atomic E-state index is 5.71. The minimum atomic E-state index is 0.883. The van der Waals surface area contributed by atoms with E-state index < -0.39 is 0 Å². The van der Waals surface area contributed by atoms with Crippen molar-refractivity contribution in [1.29, 1.82) is 0 Å². The first-order valence-corrected chi connectivity index (χ1v) is 15.4. The third kappa shape index (κ3) is 6.23. The van der Waals surface area contributed by atoms with Crippen molar-refractivity contribution in [2.45, 2.75) is 53.4 Å². The molecule has 0 amide bonds. The molecule has 0 saturated heterocycles. The lowest BCUT2D eigenvalue weighted by Gasteiger charge is -1.88. The zero-order valence-corrected chi connectivity index (χ0v) is 24.2. The van der Waals surface area contributed by atoms with Gasteiger partial charge in [-0.1, -0.05) is 51.4 Å². The van der Waals surface area contributed by atoms with Crippen molar-refractivity contribution in [3.05, 3.63) is 86.0 Å². The Bertz CT molecular complexity index is 1600. The summed E-state index contributed by atoms with van der Waals surface area (Å²) < 4.78 is 0. The van der Waals surface area contributed by atoms with Crippen molar-refractivity contribution in [2.75, 3.05) is 0 Å². The van der Waals surface area contributed by atoms with Crippen LogP contribution in [0.15, 0.2) is 29.6 Å². The molecule has 0 N–H and O–H groups in total. The van der Waals surface area contributed by atoms with Crippen molar-refractivity contribution in [1.82, 2.24) is 0 Å². The van der Waals surface area contributed by atoms with E-state index in [0.717, 1.165) is 62.6 Å². The molecule has 0 aliphatic carbocycles. The fraction of sp³-hybridized carbons (Fsp3) is 0.250. The molecule has 4 heterocycles. The monoisotopic (exact) mass is 538 g/mol. The third-order valence-electron chi connectivity index (χ3n) is 5.49. The summed E-state index contributed by atoms with van der Waals surface area (Å²) in [4.78, 5) is 8.20. The van der Waals surface area contributed by atoms with Crippen LogP contribution in [-0.2, 0) is 25.7 Å². The zero-order valence-electron chi connectivity index (χ0n) is 20.9. The molecule has 178 valence electrons. The number of aryl methyl sites for hydroxylation is 4. The summed E-state index contributed by atoms with van der Waals surface area (Å²) in [6.45, 7) is 8.65. The molecule has 4 aromatic rings. The molecule has 0 fully saturated rings. The lowest BCUT2D eigenvalue weighted by Crippen LogP contribution is -1.78. The Labute approximate surface area is 231 Å². The van der Waals surface area contributed by atoms with Crippen molar-refractivity contribution >= 4 is 45.3 Å². The maximum Gasteiger partial charge on any atom is 0.0931 e. The lowest BCUT2D eigenvalue weighted by atomic mass is 10.2. The van der Waals surface area contributed by atoms with Gasteiger partial charge in [-0.2, -0.15) is 0 Å². The van der Waals surface area contributed by atoms with E-state index in [1.165, 1.54) is 19.5 Å². The van der Waals surface area contributed by atoms with Crippen LogP contribution in [0.5, 0.6) is 0 Å². The zero-order chi connectivity index (χ0) is 25.5. The fourth-order valence-corrected chi connectivity index (χ4v) is 6.92. The Morgan fingerprint density at radius 1 is 0.556 bits per heavy atom. The van der Waals surface area contributed by atoms with Crippen LogP contribution >= 0.6 is 45.3 Å². The van der Waals surface area contributed by atoms with Crippen LogP contribution in [0.3, 0.4) is 0 Å². The van der Waals surface area contributed by atoms with Gasteiger partial charge in [-0.15, -0.1) is 51.8 Å². The quantitative estimate of drug-likeness (QED) is 0.229. The SMILES string of the molecule is C#Cc1cc(CC)sc1C#Cc1cc(CC)sc1C#Cc1cc(CC)sc1C#Cc1csc(CC)c1. The van der Waals surface area contributed by atoms with Crippen LogP contribution in [-0.4, -0.2) is 0 Å². The summed E-state index contributed by atoms with van der Waals surface area (Å²) in [6.07, 6.45) is 9.67. The molecule has 0 radical (unpaired) electrons. The van der Waals surface area contributed by atoms with Gasteiger partial charge in [0.15, 0.2) is 0 Å². The van der Waals surface area contributed by atoms with Gasteiger partial charge < -0.3 is 0 Å². The molecule has 0 aliphatic heterocycles. The van der Waals surface area contributed by atoms with E-state index in [-0.39, 0.29) is 0 Å². The minimum absolute atomic E-state index is 0.883. The summed E-state index contributed by atoms with van der Waals surface area (Å²) in [5.41, 5.74) is 3.94. The van der Waals surface area contributed by atoms with Gasteiger partial charge in [0.25, 0.3) is 0 Å². The van der Waals surface area contributed by atoms with E-state index in [0.29, 0.717) is 0 Å². The predicted molar refractivity (Wildman–Crippen MR) is 161 cm³/mol. The van der Waals surface area contributed by atoms with Crippen molar-refractivity contribution in [2.24, 2.45) is 0 Å². The van der Waals surface area contributed by atoms with E-state index >= 15 is 0 Å². The smallest absolute Gasteiger partial charge is 0.0931 e. The molecule has 0 nitrogen and oxygen atoms in total. The molecule has 0 unspecified atom stereocenters. The molecular formula is C32H26S4. The van der Waals surface area contributed by atoms with Crippen LogP contribution in [0.2, 0.25) is 0 Å². The summed E-state index contributed by atoms with van der Waals surface area (Å²) in [6, 6.07) is 8.61. The van der Waals surface area contributed by atoms with E-state index in [2.05, 4.69) is 98.8 Å². The van der Waals surface area contributed by atoms with Gasteiger partial charge in [0, 0.05) is 30.5 Å². The largest absolute Gasteiger partial charge is 0.148 e. The Kier molecular flexibility index (Phi) is 8.94. The molecule has 0 saturated carbocycles. The Morgan fingerprint density at radius 3 is 1.44 bits per heavy atom. The summed E-state index contributed by atoms with van der Waals surface area (Å²) in [5.74, 6) is 23.0. The first-order chi connectivity index (χ1) is 17.6. The molecule has 4 aromatic heterocycles. The Hall–Kier alpha value is -2.96. The number of rotatable bonds is 4. The van der Waals surface area contributed by atoms with E-state index in [4.69, 9.17) is 6.42 Å². The molecular weight excluding hydrogens is 513 g/mol. The first-order valence-electron chi connectivity index (χ1n) is 12.0. The van der Waals surface area contributed by atoms with Gasteiger partial charge in [-0.3, -0.25) is 0 Å². The normalized spacial score (nSPS) is 9.97. The molecule has 4 heteroatoms. The Morgan fingerprint density at radius 2 is 1.00 bits per heavy atom. The molecule has 0 aromatic carbocycles. The average Bonchev–Trinajstić information content (AvgIpc) is 3.69. The van der Waals surface area contributed by atoms with Crippen molar-refractivity contribution in [3.8, 4) is 47.9 Å². The fourth-order valence-electron chi connectivity index (χ4n) is 3.43. The van der Waals surface area contributed by atoms with Gasteiger partial charge in [-0.05, 0) is 67.7 Å². The van der Waals surface area contributed by atoms with Crippen molar-refractivity contribution in [3.63, 3.8) is 0 Å². The first kappa shape index (κ1) is 26.1. The second-order valence-electron chi connectivity index (χ2n) is 7.98. The van der Waals surface area contributed by atoms with E-state index in [1.54, 1.807) is 45.3 Å². The van der Waals surface area contributed by atoms with Crippen LogP contribution in [0.4, 0.5) is 0 Å². The van der Waals surface area contributed by atoms with Crippen molar-refractivity contribution < 1.29 is 0 Å². The molecule has 4 rings (SSSR count). The molecule has 0 aliphatic rings. The summed E-state index contributed by atoms with van der Waals surface area (Å²) >= 11 is 6.92. The lowest BCUT2D eigenvalue weighted by molar-refractivity contribution is 1.19. The minimum Gasteiger partial charge on any atom is -0.148 e. The highest BCUT2D eigenvalue weighted by Crippen LogP contribution is 2.26. The van der Waals surface area contributed by atoms with Crippen LogP contribution in [0.1, 0.15) is 84.1 Å². The molecule has 0 spiro atoms. The number of hydrogen-bond donors (Lipinski definition) is 0. The highest BCUT2D eigenvalue weighted by atomic mass is 32.1. The molecule has 0 atom stereocenters. The number of hydrogen-bond acceptors (Lipinski definition) is 4. The highest BCUT2D eigenvalue weighted by Gasteiger charge is 2.08. The van der Waals surface area contributed by atoms with Gasteiger partial charge in [0.05, 0.1) is 31.3 Å². The standard InChI is InChI=1S/C32H26S4/c1-6-23-18-27(8-3)34-30(23)15-12-25-20-29(10-5)36-32(25)16-13-24-19-28(9-4)35-31(24)14-11-22-17-26(7-2)33-21-22/h1,17-21H,7-10H2,2-5H3. The third-order valence-corrected chi connectivity index (χ3v) is 10.2. The predicted octanol–water partition coefficient (Wildman–Crippen LogP) is 8.36. The topological polar surface area (TPSA) is 0 Å². The number of terminal acetylenes is 1. The summed E-state index contributed by atoms with van der Waals surface area (Å²) in [7, 11) is 0. The van der Waals surface area contributed by atoms with E-state index in [9.17, 15) is 0 Å². The second-order valence-corrected chi connectivity index (χ2v) is 12.4. The average molecular weight is 539 g/mol. The van der Waals surface area contributed by atoms with E-state index in [1.807, 2.05) is 0 Å². The van der Waals surface area contributed by atoms with Crippen LogP contribution in [0.25, 0.3) is 0 Å². The number of thiophene rings is 4. The van der Waals surface area contributed by atoms with Crippen LogP contribution < -0.4 is 0 Å². The maximum atomic E-state index is 5.71. The molecule has 36 heavy (non-hydrogen) atoms. The van der Waals surface area contributed by atoms with Gasteiger partial charge in [0.2, 0.25) is 0 Å².